The Morgan fingerprint density at radius 3 is 2.77 bits per heavy atom. The maximum absolute atomic E-state index is 12.9. The van der Waals surface area contributed by atoms with E-state index in [0.717, 1.165) is 37.5 Å². The number of likely N-dealkylation sites (tertiary alicyclic amines) is 2. The van der Waals surface area contributed by atoms with Crippen LogP contribution in [0.3, 0.4) is 0 Å². The molecule has 0 radical (unpaired) electrons. The highest BCUT2D eigenvalue weighted by Crippen LogP contribution is 2.35. The van der Waals surface area contributed by atoms with Crippen LogP contribution in [0.25, 0.3) is 0 Å². The Balaban J connectivity index is 1.35. The standard InChI is InChI=1S/C18H31N3O/c22-18(13-20-11-8-16-15(12-20)7-9-19-16)21-10-3-5-14-4-1-2-6-17(14)21/h14-17,19H,1-13H2. The molecule has 4 aliphatic rings. The predicted octanol–water partition coefficient (Wildman–Crippen LogP) is 1.85. The van der Waals surface area contributed by atoms with Gasteiger partial charge in [0.2, 0.25) is 5.91 Å². The quantitative estimate of drug-likeness (QED) is 0.846. The van der Waals surface area contributed by atoms with Gasteiger partial charge in [-0.15, -0.1) is 0 Å². The van der Waals surface area contributed by atoms with Crippen LogP contribution >= 0.6 is 0 Å². The minimum Gasteiger partial charge on any atom is -0.338 e. The van der Waals surface area contributed by atoms with Crippen LogP contribution in [-0.4, -0.2) is 60.5 Å². The Kier molecular flexibility index (Phi) is 4.40. The van der Waals surface area contributed by atoms with Gasteiger partial charge in [0.25, 0.3) is 0 Å². The first-order chi connectivity index (χ1) is 10.8. The van der Waals surface area contributed by atoms with Crippen LogP contribution in [0.15, 0.2) is 0 Å². The van der Waals surface area contributed by atoms with Gasteiger partial charge < -0.3 is 10.2 Å². The number of nitrogens with one attached hydrogen (secondary N) is 1. The molecule has 1 N–H and O–H groups in total. The minimum absolute atomic E-state index is 0.418. The van der Waals surface area contributed by atoms with Gasteiger partial charge in [0.05, 0.1) is 6.54 Å². The Morgan fingerprint density at radius 2 is 1.82 bits per heavy atom. The number of hydrogen-bond acceptors (Lipinski definition) is 3. The molecule has 0 aromatic carbocycles. The maximum Gasteiger partial charge on any atom is 0.237 e. The lowest BCUT2D eigenvalue weighted by atomic mass is 9.78. The largest absolute Gasteiger partial charge is 0.338 e. The van der Waals surface area contributed by atoms with E-state index in [1.807, 2.05) is 0 Å². The van der Waals surface area contributed by atoms with E-state index in [4.69, 9.17) is 0 Å². The Labute approximate surface area is 134 Å². The Hall–Kier alpha value is -0.610. The summed E-state index contributed by atoms with van der Waals surface area (Å²) in [5.41, 5.74) is 0. The summed E-state index contributed by atoms with van der Waals surface area (Å²) in [6, 6.07) is 1.30. The molecule has 1 amide bonds. The molecule has 4 fully saturated rings. The Bertz CT molecular complexity index is 411. The van der Waals surface area contributed by atoms with Crippen LogP contribution < -0.4 is 5.32 Å². The summed E-state index contributed by atoms with van der Waals surface area (Å²) in [6.45, 7) is 5.09. The molecule has 0 aromatic heterocycles. The van der Waals surface area contributed by atoms with Crippen molar-refractivity contribution in [2.45, 2.75) is 63.5 Å². The van der Waals surface area contributed by atoms with Crippen LogP contribution in [0.2, 0.25) is 0 Å². The minimum atomic E-state index is 0.418. The maximum atomic E-state index is 12.9. The van der Waals surface area contributed by atoms with Crippen LogP contribution in [0.5, 0.6) is 0 Å². The molecule has 22 heavy (non-hydrogen) atoms. The summed E-state index contributed by atoms with van der Waals surface area (Å²) in [5.74, 6) is 2.00. The molecule has 4 nitrogen and oxygen atoms in total. The van der Waals surface area contributed by atoms with E-state index >= 15 is 0 Å². The lowest BCUT2D eigenvalue weighted by Crippen LogP contribution is -2.54. The second-order valence-electron chi connectivity index (χ2n) is 7.97. The number of piperidine rings is 2. The van der Waals surface area contributed by atoms with E-state index in [2.05, 4.69) is 15.1 Å². The molecule has 4 rings (SSSR count). The van der Waals surface area contributed by atoms with Crippen LogP contribution in [0.1, 0.15) is 51.4 Å². The summed E-state index contributed by atoms with van der Waals surface area (Å²) in [4.78, 5) is 17.6. The molecule has 0 bridgehead atoms. The molecule has 3 heterocycles. The normalized spacial score (nSPS) is 39.4. The van der Waals surface area contributed by atoms with Crippen molar-refractivity contribution in [2.24, 2.45) is 11.8 Å². The van der Waals surface area contributed by atoms with E-state index in [1.165, 1.54) is 57.9 Å². The first kappa shape index (κ1) is 14.9. The molecule has 124 valence electrons. The second-order valence-corrected chi connectivity index (χ2v) is 7.97. The fraction of sp³-hybridized carbons (Fsp3) is 0.944. The molecule has 0 aromatic rings. The van der Waals surface area contributed by atoms with Gasteiger partial charge in [0.15, 0.2) is 0 Å². The lowest BCUT2D eigenvalue weighted by Gasteiger charge is -2.45. The molecule has 4 atom stereocenters. The highest BCUT2D eigenvalue weighted by atomic mass is 16.2. The van der Waals surface area contributed by atoms with Gasteiger partial charge in [0.1, 0.15) is 0 Å². The SMILES string of the molecule is O=C(CN1CCC2NCCC2C1)N1CCCC2CCCCC21. The first-order valence-electron chi connectivity index (χ1n) is 9.56. The smallest absolute Gasteiger partial charge is 0.237 e. The van der Waals surface area contributed by atoms with Crippen molar-refractivity contribution >= 4 is 5.91 Å². The van der Waals surface area contributed by atoms with Crippen LogP contribution in [0.4, 0.5) is 0 Å². The molecule has 1 aliphatic carbocycles. The monoisotopic (exact) mass is 305 g/mol. The van der Waals surface area contributed by atoms with E-state index in [-0.39, 0.29) is 0 Å². The molecular formula is C18H31N3O. The van der Waals surface area contributed by atoms with Crippen molar-refractivity contribution in [3.8, 4) is 0 Å². The lowest BCUT2D eigenvalue weighted by molar-refractivity contribution is -0.139. The van der Waals surface area contributed by atoms with Gasteiger partial charge in [-0.1, -0.05) is 12.8 Å². The fourth-order valence-electron chi connectivity index (χ4n) is 5.48. The zero-order chi connectivity index (χ0) is 14.9. The zero-order valence-electron chi connectivity index (χ0n) is 13.8. The van der Waals surface area contributed by atoms with Gasteiger partial charge in [-0.25, -0.2) is 0 Å². The van der Waals surface area contributed by atoms with Crippen molar-refractivity contribution in [3.05, 3.63) is 0 Å². The third kappa shape index (κ3) is 2.92. The van der Waals surface area contributed by atoms with E-state index in [9.17, 15) is 4.79 Å². The number of carbonyl (C=O) groups excluding carboxylic acids is 1. The first-order valence-corrected chi connectivity index (χ1v) is 9.56. The van der Waals surface area contributed by atoms with Gasteiger partial charge in [-0.05, 0) is 56.9 Å². The average molecular weight is 305 g/mol. The number of carbonyl (C=O) groups is 1. The Morgan fingerprint density at radius 1 is 0.955 bits per heavy atom. The summed E-state index contributed by atoms with van der Waals surface area (Å²) in [7, 11) is 0. The highest BCUT2D eigenvalue weighted by molar-refractivity contribution is 5.78. The van der Waals surface area contributed by atoms with E-state index < -0.39 is 0 Å². The summed E-state index contributed by atoms with van der Waals surface area (Å²) in [6.07, 6.45) is 10.4. The van der Waals surface area contributed by atoms with Crippen molar-refractivity contribution in [1.82, 2.24) is 15.1 Å². The molecule has 1 saturated carbocycles. The fourth-order valence-corrected chi connectivity index (χ4v) is 5.48. The molecule has 3 aliphatic heterocycles. The number of nitrogens with zero attached hydrogens (tertiary/aromatic N) is 2. The highest BCUT2D eigenvalue weighted by Gasteiger charge is 2.37. The van der Waals surface area contributed by atoms with E-state index in [1.54, 1.807) is 0 Å². The molecule has 4 unspecified atom stereocenters. The number of fused-ring (bicyclic) bond motifs is 2. The van der Waals surface area contributed by atoms with Gasteiger partial charge in [-0.3, -0.25) is 9.69 Å². The molecule has 0 spiro atoms. The van der Waals surface area contributed by atoms with Gasteiger partial charge in [0, 0.05) is 31.7 Å². The van der Waals surface area contributed by atoms with Crippen molar-refractivity contribution in [3.63, 3.8) is 0 Å². The van der Waals surface area contributed by atoms with Crippen molar-refractivity contribution < 1.29 is 4.79 Å². The third-order valence-electron chi connectivity index (χ3n) is 6.66. The van der Waals surface area contributed by atoms with Crippen LogP contribution in [-0.2, 0) is 4.79 Å². The summed E-state index contributed by atoms with van der Waals surface area (Å²) >= 11 is 0. The zero-order valence-corrected chi connectivity index (χ0v) is 13.8. The average Bonchev–Trinajstić information content (AvgIpc) is 3.02. The second kappa shape index (κ2) is 6.48. The summed E-state index contributed by atoms with van der Waals surface area (Å²) in [5, 5.41) is 3.61. The number of amides is 1. The predicted molar refractivity (Wildman–Crippen MR) is 87.6 cm³/mol. The van der Waals surface area contributed by atoms with Crippen LogP contribution in [0, 0.1) is 11.8 Å². The molecule has 3 saturated heterocycles. The van der Waals surface area contributed by atoms with Gasteiger partial charge in [-0.2, -0.15) is 0 Å². The number of rotatable bonds is 2. The van der Waals surface area contributed by atoms with Crippen molar-refractivity contribution in [1.29, 1.82) is 0 Å². The van der Waals surface area contributed by atoms with Gasteiger partial charge >= 0.3 is 0 Å². The molecule has 4 heteroatoms. The summed E-state index contributed by atoms with van der Waals surface area (Å²) < 4.78 is 0. The van der Waals surface area contributed by atoms with Crippen molar-refractivity contribution in [2.75, 3.05) is 32.7 Å². The third-order valence-corrected chi connectivity index (χ3v) is 6.66. The number of hydrogen-bond donors (Lipinski definition) is 1. The topological polar surface area (TPSA) is 35.6 Å². The van der Waals surface area contributed by atoms with E-state index in [0.29, 0.717) is 18.5 Å². The molecular weight excluding hydrogens is 274 g/mol.